The van der Waals surface area contributed by atoms with Crippen molar-refractivity contribution in [3.8, 4) is 5.75 Å². The van der Waals surface area contributed by atoms with Crippen LogP contribution in [-0.2, 0) is 9.59 Å². The van der Waals surface area contributed by atoms with Crippen LogP contribution in [0.5, 0.6) is 5.75 Å². The number of anilines is 1. The molecular formula is C18H19N3O5. The minimum absolute atomic E-state index is 0.0817. The summed E-state index contributed by atoms with van der Waals surface area (Å²) in [4.78, 5) is 41.3. The summed E-state index contributed by atoms with van der Waals surface area (Å²) in [6.07, 6.45) is 1.44. The largest absolute Gasteiger partial charge is 0.508 e. The Morgan fingerprint density at radius 1 is 1.00 bits per heavy atom. The Labute approximate surface area is 150 Å². The van der Waals surface area contributed by atoms with Crippen molar-refractivity contribution in [1.82, 2.24) is 9.80 Å². The van der Waals surface area contributed by atoms with Crippen LogP contribution >= 0.6 is 0 Å². The number of likely N-dealkylation sites (N-methyl/N-ethyl adjacent to an activating group) is 1. The van der Waals surface area contributed by atoms with E-state index in [1.165, 1.54) is 35.2 Å². The zero-order chi connectivity index (χ0) is 18.7. The van der Waals surface area contributed by atoms with Crippen molar-refractivity contribution in [3.05, 3.63) is 48.4 Å². The summed E-state index contributed by atoms with van der Waals surface area (Å²) in [5.74, 6) is -1.17. The molecule has 8 nitrogen and oxygen atoms in total. The molecule has 1 aliphatic heterocycles. The van der Waals surface area contributed by atoms with Crippen LogP contribution in [0.3, 0.4) is 0 Å². The highest BCUT2D eigenvalue weighted by Crippen LogP contribution is 2.18. The molecule has 0 unspecified atom stereocenters. The van der Waals surface area contributed by atoms with Gasteiger partial charge in [0.1, 0.15) is 5.75 Å². The lowest BCUT2D eigenvalue weighted by Crippen LogP contribution is -2.54. The lowest BCUT2D eigenvalue weighted by atomic mass is 10.2. The molecule has 136 valence electrons. The maximum atomic E-state index is 12.4. The molecule has 8 heteroatoms. The van der Waals surface area contributed by atoms with Crippen LogP contribution in [0.2, 0.25) is 0 Å². The van der Waals surface area contributed by atoms with E-state index < -0.39 is 11.8 Å². The molecule has 3 rings (SSSR count). The lowest BCUT2D eigenvalue weighted by molar-refractivity contribution is -0.145. The monoisotopic (exact) mass is 357 g/mol. The minimum Gasteiger partial charge on any atom is -0.508 e. The summed E-state index contributed by atoms with van der Waals surface area (Å²) in [6.45, 7) is 1.23. The van der Waals surface area contributed by atoms with Gasteiger partial charge in [-0.25, -0.2) is 0 Å². The van der Waals surface area contributed by atoms with Crippen molar-refractivity contribution >= 4 is 23.4 Å². The molecule has 1 N–H and O–H groups in total. The van der Waals surface area contributed by atoms with Crippen LogP contribution in [0.4, 0.5) is 5.69 Å². The number of benzene rings is 1. The van der Waals surface area contributed by atoms with E-state index in [2.05, 4.69) is 0 Å². The van der Waals surface area contributed by atoms with Gasteiger partial charge in [0.2, 0.25) is 0 Å². The Morgan fingerprint density at radius 3 is 2.19 bits per heavy atom. The Morgan fingerprint density at radius 2 is 1.62 bits per heavy atom. The number of carbonyl (C=O) groups is 3. The number of aromatic hydroxyl groups is 1. The number of rotatable bonds is 2. The second-order valence-corrected chi connectivity index (χ2v) is 5.94. The number of phenols is 1. The van der Waals surface area contributed by atoms with Crippen molar-refractivity contribution in [1.29, 1.82) is 0 Å². The SMILES string of the molecule is CN(C(=O)C(=O)N1CCN(C(=O)c2ccco2)CC1)c1ccc(O)cc1. The molecule has 0 saturated carbocycles. The van der Waals surface area contributed by atoms with Crippen LogP contribution in [0.25, 0.3) is 0 Å². The highest BCUT2D eigenvalue weighted by Gasteiger charge is 2.30. The molecule has 1 aromatic heterocycles. The van der Waals surface area contributed by atoms with Gasteiger partial charge in [0, 0.05) is 38.9 Å². The number of hydrogen-bond acceptors (Lipinski definition) is 5. The van der Waals surface area contributed by atoms with Gasteiger partial charge in [0.25, 0.3) is 5.91 Å². The van der Waals surface area contributed by atoms with Gasteiger partial charge in [0.05, 0.1) is 6.26 Å². The first-order chi connectivity index (χ1) is 12.5. The summed E-state index contributed by atoms with van der Waals surface area (Å²) in [6, 6.07) is 9.24. The third-order valence-corrected chi connectivity index (χ3v) is 4.31. The quantitative estimate of drug-likeness (QED) is 0.807. The molecular weight excluding hydrogens is 338 g/mol. The smallest absolute Gasteiger partial charge is 0.316 e. The number of hydrogen-bond donors (Lipinski definition) is 1. The molecule has 0 spiro atoms. The predicted molar refractivity (Wildman–Crippen MR) is 92.7 cm³/mol. The van der Waals surface area contributed by atoms with E-state index in [1.807, 2.05) is 0 Å². The van der Waals surface area contributed by atoms with E-state index in [-0.39, 0.29) is 30.5 Å². The maximum Gasteiger partial charge on any atom is 0.316 e. The standard InChI is InChI=1S/C18H19N3O5/c1-19(13-4-6-14(22)7-5-13)17(24)18(25)21-10-8-20(9-11-21)16(23)15-3-2-12-26-15/h2-7,12,22H,8-11H2,1H3. The summed E-state index contributed by atoms with van der Waals surface area (Å²) in [5.41, 5.74) is 0.507. The predicted octanol–water partition coefficient (Wildman–Crippen LogP) is 0.933. The molecule has 0 aliphatic carbocycles. The third kappa shape index (κ3) is 3.53. The maximum absolute atomic E-state index is 12.4. The minimum atomic E-state index is -0.665. The Balaban J connectivity index is 1.58. The van der Waals surface area contributed by atoms with Crippen molar-refractivity contribution in [2.75, 3.05) is 38.1 Å². The summed E-state index contributed by atoms with van der Waals surface area (Å²) in [5, 5.41) is 9.31. The Bertz CT molecular complexity index is 793. The average Bonchev–Trinajstić information content (AvgIpc) is 3.21. The third-order valence-electron chi connectivity index (χ3n) is 4.31. The molecule has 0 atom stereocenters. The van der Waals surface area contributed by atoms with E-state index in [1.54, 1.807) is 29.2 Å². The molecule has 2 aromatic rings. The van der Waals surface area contributed by atoms with Crippen LogP contribution < -0.4 is 4.90 Å². The topological polar surface area (TPSA) is 94.3 Å². The van der Waals surface area contributed by atoms with Gasteiger partial charge in [-0.3, -0.25) is 14.4 Å². The van der Waals surface area contributed by atoms with Gasteiger partial charge in [0.15, 0.2) is 5.76 Å². The number of furan rings is 1. The van der Waals surface area contributed by atoms with Gasteiger partial charge < -0.3 is 24.2 Å². The van der Waals surface area contributed by atoms with Gasteiger partial charge in [-0.2, -0.15) is 0 Å². The lowest BCUT2D eigenvalue weighted by Gasteiger charge is -2.34. The van der Waals surface area contributed by atoms with E-state index >= 15 is 0 Å². The number of phenolic OH excluding ortho intramolecular Hbond substituents is 1. The second-order valence-electron chi connectivity index (χ2n) is 5.94. The number of amides is 3. The van der Waals surface area contributed by atoms with Crippen molar-refractivity contribution in [3.63, 3.8) is 0 Å². The van der Waals surface area contributed by atoms with E-state index in [4.69, 9.17) is 4.42 Å². The van der Waals surface area contributed by atoms with E-state index in [0.717, 1.165) is 0 Å². The average molecular weight is 357 g/mol. The number of carbonyl (C=O) groups excluding carboxylic acids is 3. The second kappa shape index (κ2) is 7.30. The summed E-state index contributed by atoms with van der Waals surface area (Å²) >= 11 is 0. The van der Waals surface area contributed by atoms with Crippen molar-refractivity contribution in [2.45, 2.75) is 0 Å². The number of nitrogens with zero attached hydrogens (tertiary/aromatic N) is 3. The molecule has 0 bridgehead atoms. The molecule has 1 aliphatic rings. The van der Waals surface area contributed by atoms with Gasteiger partial charge in [-0.15, -0.1) is 0 Å². The highest BCUT2D eigenvalue weighted by molar-refractivity contribution is 6.40. The van der Waals surface area contributed by atoms with Crippen molar-refractivity contribution in [2.24, 2.45) is 0 Å². The van der Waals surface area contributed by atoms with Crippen LogP contribution in [0.1, 0.15) is 10.6 Å². The summed E-state index contributed by atoms with van der Waals surface area (Å²) < 4.78 is 5.10. The van der Waals surface area contributed by atoms with Crippen LogP contribution in [0.15, 0.2) is 47.1 Å². The molecule has 26 heavy (non-hydrogen) atoms. The van der Waals surface area contributed by atoms with Crippen LogP contribution in [0, 0.1) is 0 Å². The number of piperazine rings is 1. The fourth-order valence-electron chi connectivity index (χ4n) is 2.74. The Hall–Kier alpha value is -3.29. The van der Waals surface area contributed by atoms with Gasteiger partial charge in [-0.1, -0.05) is 0 Å². The highest BCUT2D eigenvalue weighted by atomic mass is 16.3. The summed E-state index contributed by atoms with van der Waals surface area (Å²) in [7, 11) is 1.50. The zero-order valence-corrected chi connectivity index (χ0v) is 14.3. The van der Waals surface area contributed by atoms with Crippen molar-refractivity contribution < 1.29 is 23.9 Å². The zero-order valence-electron chi connectivity index (χ0n) is 14.3. The molecule has 1 aromatic carbocycles. The van der Waals surface area contributed by atoms with E-state index in [9.17, 15) is 19.5 Å². The van der Waals surface area contributed by atoms with Gasteiger partial charge >= 0.3 is 11.8 Å². The normalized spacial score (nSPS) is 14.2. The van der Waals surface area contributed by atoms with Gasteiger partial charge in [-0.05, 0) is 36.4 Å². The molecule has 3 amide bonds. The molecule has 1 fully saturated rings. The molecule has 2 heterocycles. The van der Waals surface area contributed by atoms with Crippen LogP contribution in [-0.4, -0.2) is 65.9 Å². The first-order valence-electron chi connectivity index (χ1n) is 8.16. The molecule has 1 saturated heterocycles. The first-order valence-corrected chi connectivity index (χ1v) is 8.16. The Kier molecular flexibility index (Phi) is 4.92. The molecule has 0 radical (unpaired) electrons. The fourth-order valence-corrected chi connectivity index (χ4v) is 2.74. The first kappa shape index (κ1) is 17.5. The fraction of sp³-hybridized carbons (Fsp3) is 0.278. The van der Waals surface area contributed by atoms with E-state index in [0.29, 0.717) is 18.8 Å².